The largest absolute Gasteiger partial charge is 0.494 e. The van der Waals surface area contributed by atoms with Gasteiger partial charge in [-0.1, -0.05) is 17.7 Å². The molecule has 0 aliphatic carbocycles. The van der Waals surface area contributed by atoms with Gasteiger partial charge in [-0.2, -0.15) is 0 Å². The lowest BCUT2D eigenvalue weighted by molar-refractivity contribution is -0.133. The summed E-state index contributed by atoms with van der Waals surface area (Å²) < 4.78 is 11.2. The molecule has 7 heteroatoms. The Bertz CT molecular complexity index is 1080. The highest BCUT2D eigenvalue weighted by Crippen LogP contribution is 2.22. The number of nitrogens with zero attached hydrogens (tertiary/aromatic N) is 4. The number of piperazine rings is 1. The molecule has 1 aromatic heterocycles. The molecule has 0 spiro atoms. The number of hydrogen-bond acceptors (Lipinski definition) is 6. The molecule has 2 aromatic carbocycles. The fourth-order valence-electron chi connectivity index (χ4n) is 3.91. The number of carbonyl (C=O) groups excluding carboxylic acids is 1. The van der Waals surface area contributed by atoms with Gasteiger partial charge in [-0.3, -0.25) is 4.79 Å². The van der Waals surface area contributed by atoms with Gasteiger partial charge in [0.1, 0.15) is 11.5 Å². The van der Waals surface area contributed by atoms with E-state index in [1.54, 1.807) is 0 Å². The third-order valence-electron chi connectivity index (χ3n) is 5.75. The lowest BCUT2D eigenvalue weighted by atomic mass is 10.1. The molecule has 0 radical (unpaired) electrons. The number of aryl methyl sites for hydroxylation is 2. The molecule has 0 atom stereocenters. The number of amides is 1. The summed E-state index contributed by atoms with van der Waals surface area (Å²) in [4.78, 5) is 16.6. The first-order valence-corrected chi connectivity index (χ1v) is 11.3. The Morgan fingerprint density at radius 3 is 2.30 bits per heavy atom. The minimum atomic E-state index is 0.00607. The van der Waals surface area contributed by atoms with Crippen molar-refractivity contribution in [3.63, 3.8) is 0 Å². The summed E-state index contributed by atoms with van der Waals surface area (Å²) >= 11 is 0. The molecule has 2 heterocycles. The van der Waals surface area contributed by atoms with Gasteiger partial charge in [-0.15, -0.1) is 10.2 Å². The SMILES string of the molecule is CCOc1ccc(-c2ccc(N3CCN(C(=O)COc4ccc(C)cc4C)CC3)nn2)cc1. The summed E-state index contributed by atoms with van der Waals surface area (Å²) in [5, 5.41) is 8.81. The standard InChI is InChI=1S/C26H30N4O3/c1-4-32-22-8-6-21(7-9-22)23-10-12-25(28-27-23)29-13-15-30(16-14-29)26(31)18-33-24-11-5-19(2)17-20(24)3/h5-12,17H,4,13-16,18H2,1-3H3. The highest BCUT2D eigenvalue weighted by molar-refractivity contribution is 5.78. The van der Waals surface area contributed by atoms with Crippen LogP contribution in [0, 0.1) is 13.8 Å². The molecule has 7 nitrogen and oxygen atoms in total. The van der Waals surface area contributed by atoms with E-state index in [4.69, 9.17) is 9.47 Å². The van der Waals surface area contributed by atoms with Gasteiger partial charge in [0.05, 0.1) is 12.3 Å². The molecular formula is C26H30N4O3. The average molecular weight is 447 g/mol. The lowest BCUT2D eigenvalue weighted by Gasteiger charge is -2.35. The molecule has 33 heavy (non-hydrogen) atoms. The molecular weight excluding hydrogens is 416 g/mol. The number of hydrogen-bond donors (Lipinski definition) is 0. The van der Waals surface area contributed by atoms with Gasteiger partial charge in [0, 0.05) is 31.7 Å². The first-order valence-electron chi connectivity index (χ1n) is 11.3. The molecule has 0 saturated carbocycles. The van der Waals surface area contributed by atoms with Gasteiger partial charge in [0.15, 0.2) is 12.4 Å². The predicted octanol–water partition coefficient (Wildman–Crippen LogP) is 3.89. The molecule has 1 fully saturated rings. The minimum Gasteiger partial charge on any atom is -0.494 e. The van der Waals surface area contributed by atoms with E-state index in [0.717, 1.165) is 34.1 Å². The zero-order valence-corrected chi connectivity index (χ0v) is 19.5. The van der Waals surface area contributed by atoms with Gasteiger partial charge < -0.3 is 19.3 Å². The summed E-state index contributed by atoms with van der Waals surface area (Å²) in [5.74, 6) is 2.43. The van der Waals surface area contributed by atoms with Gasteiger partial charge in [0.2, 0.25) is 0 Å². The highest BCUT2D eigenvalue weighted by atomic mass is 16.5. The monoisotopic (exact) mass is 446 g/mol. The van der Waals surface area contributed by atoms with Crippen molar-refractivity contribution in [3.05, 3.63) is 65.7 Å². The van der Waals surface area contributed by atoms with Crippen molar-refractivity contribution in [2.75, 3.05) is 44.3 Å². The summed E-state index contributed by atoms with van der Waals surface area (Å²) in [6.07, 6.45) is 0. The fourth-order valence-corrected chi connectivity index (χ4v) is 3.91. The number of anilines is 1. The number of aromatic nitrogens is 2. The second-order valence-corrected chi connectivity index (χ2v) is 8.16. The maximum Gasteiger partial charge on any atom is 0.260 e. The van der Waals surface area contributed by atoms with E-state index in [-0.39, 0.29) is 12.5 Å². The molecule has 1 saturated heterocycles. The Labute approximate surface area is 195 Å². The van der Waals surface area contributed by atoms with Gasteiger partial charge in [0.25, 0.3) is 5.91 Å². The van der Waals surface area contributed by atoms with Crippen LogP contribution < -0.4 is 14.4 Å². The second-order valence-electron chi connectivity index (χ2n) is 8.16. The Morgan fingerprint density at radius 2 is 1.67 bits per heavy atom. The van der Waals surface area contributed by atoms with Crippen LogP contribution in [-0.2, 0) is 4.79 Å². The highest BCUT2D eigenvalue weighted by Gasteiger charge is 2.22. The Hall–Kier alpha value is -3.61. The Morgan fingerprint density at radius 1 is 0.909 bits per heavy atom. The first-order chi connectivity index (χ1) is 16.0. The van der Waals surface area contributed by atoms with E-state index in [2.05, 4.69) is 21.2 Å². The molecule has 1 aliphatic heterocycles. The molecule has 1 amide bonds. The molecule has 0 N–H and O–H groups in total. The number of rotatable bonds is 7. The Kier molecular flexibility index (Phi) is 7.07. The summed E-state index contributed by atoms with van der Waals surface area (Å²) in [6.45, 7) is 9.40. The average Bonchev–Trinajstić information content (AvgIpc) is 2.84. The van der Waals surface area contributed by atoms with Gasteiger partial charge in [-0.25, -0.2) is 0 Å². The summed E-state index contributed by atoms with van der Waals surface area (Å²) in [5.41, 5.74) is 4.04. The van der Waals surface area contributed by atoms with Crippen LogP contribution in [0.25, 0.3) is 11.3 Å². The van der Waals surface area contributed by atoms with Crippen LogP contribution in [0.15, 0.2) is 54.6 Å². The normalized spacial score (nSPS) is 13.7. The molecule has 3 aromatic rings. The van der Waals surface area contributed by atoms with E-state index in [9.17, 15) is 4.79 Å². The molecule has 172 valence electrons. The van der Waals surface area contributed by atoms with Crippen molar-refractivity contribution >= 4 is 11.7 Å². The van der Waals surface area contributed by atoms with Crippen molar-refractivity contribution in [3.8, 4) is 22.8 Å². The fraction of sp³-hybridized carbons (Fsp3) is 0.346. The van der Waals surface area contributed by atoms with Gasteiger partial charge >= 0.3 is 0 Å². The third-order valence-corrected chi connectivity index (χ3v) is 5.75. The van der Waals surface area contributed by atoms with Crippen LogP contribution in [0.4, 0.5) is 5.82 Å². The van der Waals surface area contributed by atoms with Crippen LogP contribution in [0.5, 0.6) is 11.5 Å². The molecule has 4 rings (SSSR count). The van der Waals surface area contributed by atoms with Crippen molar-refractivity contribution in [1.29, 1.82) is 0 Å². The zero-order chi connectivity index (χ0) is 23.2. The number of ether oxygens (including phenoxy) is 2. The Balaban J connectivity index is 1.28. The first kappa shape index (κ1) is 22.6. The van der Waals surface area contributed by atoms with Crippen molar-refractivity contribution in [2.45, 2.75) is 20.8 Å². The lowest BCUT2D eigenvalue weighted by Crippen LogP contribution is -2.50. The van der Waals surface area contributed by atoms with E-state index < -0.39 is 0 Å². The van der Waals surface area contributed by atoms with Gasteiger partial charge in [-0.05, 0) is 68.8 Å². The van der Waals surface area contributed by atoms with E-state index >= 15 is 0 Å². The molecule has 0 bridgehead atoms. The van der Waals surface area contributed by atoms with Crippen LogP contribution >= 0.6 is 0 Å². The summed E-state index contributed by atoms with van der Waals surface area (Å²) in [6, 6.07) is 17.8. The van der Waals surface area contributed by atoms with Crippen LogP contribution in [0.2, 0.25) is 0 Å². The quantitative estimate of drug-likeness (QED) is 0.549. The minimum absolute atomic E-state index is 0.00607. The second kappa shape index (κ2) is 10.3. The van der Waals surface area contributed by atoms with E-state index in [1.807, 2.05) is 74.2 Å². The van der Waals surface area contributed by atoms with Crippen molar-refractivity contribution in [1.82, 2.24) is 15.1 Å². The van der Waals surface area contributed by atoms with Crippen molar-refractivity contribution in [2.24, 2.45) is 0 Å². The van der Waals surface area contributed by atoms with Crippen molar-refractivity contribution < 1.29 is 14.3 Å². The smallest absolute Gasteiger partial charge is 0.260 e. The third kappa shape index (κ3) is 5.61. The molecule has 1 aliphatic rings. The maximum atomic E-state index is 12.6. The topological polar surface area (TPSA) is 67.8 Å². The van der Waals surface area contributed by atoms with E-state index in [0.29, 0.717) is 32.8 Å². The number of carbonyl (C=O) groups is 1. The molecule has 0 unspecified atom stereocenters. The van der Waals surface area contributed by atoms with Crippen LogP contribution in [-0.4, -0.2) is 60.4 Å². The van der Waals surface area contributed by atoms with E-state index in [1.165, 1.54) is 5.56 Å². The number of benzene rings is 2. The predicted molar refractivity (Wildman–Crippen MR) is 129 cm³/mol. The summed E-state index contributed by atoms with van der Waals surface area (Å²) in [7, 11) is 0. The maximum absolute atomic E-state index is 12.6. The van der Waals surface area contributed by atoms with Crippen LogP contribution in [0.3, 0.4) is 0 Å². The zero-order valence-electron chi connectivity index (χ0n) is 19.5. The van der Waals surface area contributed by atoms with Crippen LogP contribution in [0.1, 0.15) is 18.1 Å².